The lowest BCUT2D eigenvalue weighted by Gasteiger charge is -2.34. The summed E-state index contributed by atoms with van der Waals surface area (Å²) < 4.78 is 1.44. The van der Waals surface area contributed by atoms with Crippen molar-refractivity contribution in [2.45, 2.75) is 18.9 Å². The van der Waals surface area contributed by atoms with E-state index < -0.39 is 0 Å². The van der Waals surface area contributed by atoms with E-state index in [-0.39, 0.29) is 22.8 Å². The van der Waals surface area contributed by atoms with E-state index in [4.69, 9.17) is 5.26 Å². The zero-order chi connectivity index (χ0) is 22.5. The fourth-order valence-corrected chi connectivity index (χ4v) is 4.74. The van der Waals surface area contributed by atoms with Gasteiger partial charge in [-0.3, -0.25) is 24.6 Å². The predicted molar refractivity (Wildman–Crippen MR) is 120 cm³/mol. The van der Waals surface area contributed by atoms with Gasteiger partial charge >= 0.3 is 0 Å². The number of likely N-dealkylation sites (N-methyl/N-ethyl adjacent to an activating group) is 1. The third-order valence-electron chi connectivity index (χ3n) is 6.79. The zero-order valence-corrected chi connectivity index (χ0v) is 18.1. The predicted octanol–water partition coefficient (Wildman–Crippen LogP) is 1.88. The Morgan fingerprint density at radius 3 is 2.81 bits per heavy atom. The summed E-state index contributed by atoms with van der Waals surface area (Å²) >= 11 is 0. The molecule has 3 aromatic rings. The van der Waals surface area contributed by atoms with Crippen LogP contribution in [0.3, 0.4) is 0 Å². The summed E-state index contributed by atoms with van der Waals surface area (Å²) in [5.74, 6) is 0.118. The molecule has 3 heterocycles. The molecule has 0 amide bonds. The number of rotatable bonds is 4. The molecule has 1 saturated carbocycles. The monoisotopic (exact) mass is 428 g/mol. The van der Waals surface area contributed by atoms with Gasteiger partial charge in [0, 0.05) is 48.9 Å². The number of nitriles is 1. The Balaban J connectivity index is 1.37. The molecule has 2 fully saturated rings. The highest BCUT2D eigenvalue weighted by Gasteiger charge is 2.61. The van der Waals surface area contributed by atoms with Crippen LogP contribution in [0.5, 0.6) is 0 Å². The van der Waals surface area contributed by atoms with Crippen LogP contribution in [0.25, 0.3) is 17.1 Å². The normalized spacial score (nSPS) is 22.6. The van der Waals surface area contributed by atoms with Crippen LogP contribution in [0.2, 0.25) is 0 Å². The van der Waals surface area contributed by atoms with E-state index in [0.29, 0.717) is 28.2 Å². The van der Waals surface area contributed by atoms with Crippen molar-refractivity contribution in [3.8, 4) is 23.1 Å². The fourth-order valence-electron chi connectivity index (χ4n) is 4.74. The number of nitrogens with zero attached hydrogens (tertiary/aromatic N) is 4. The van der Waals surface area contributed by atoms with Crippen molar-refractivity contribution >= 4 is 5.78 Å². The second-order valence-corrected chi connectivity index (χ2v) is 8.71. The van der Waals surface area contributed by atoms with Crippen LogP contribution in [-0.2, 0) is 0 Å². The van der Waals surface area contributed by atoms with Gasteiger partial charge in [-0.15, -0.1) is 0 Å². The van der Waals surface area contributed by atoms with Crippen molar-refractivity contribution in [1.29, 1.82) is 5.26 Å². The maximum absolute atomic E-state index is 13.0. The molecule has 32 heavy (non-hydrogen) atoms. The van der Waals surface area contributed by atoms with Crippen molar-refractivity contribution in [1.82, 2.24) is 25.0 Å². The molecule has 162 valence electrons. The molecule has 0 bridgehead atoms. The van der Waals surface area contributed by atoms with Gasteiger partial charge in [-0.25, -0.2) is 4.68 Å². The van der Waals surface area contributed by atoms with Crippen molar-refractivity contribution in [3.05, 3.63) is 69.6 Å². The first-order valence-corrected chi connectivity index (χ1v) is 10.7. The molecule has 1 aromatic carbocycles. The number of hydrogen-bond donors (Lipinski definition) is 2. The van der Waals surface area contributed by atoms with Crippen LogP contribution in [0, 0.1) is 24.2 Å². The summed E-state index contributed by atoms with van der Waals surface area (Å²) in [5, 5.41) is 15.5. The maximum Gasteiger partial charge on any atom is 0.271 e. The topological polar surface area (TPSA) is 107 Å². The lowest BCUT2D eigenvalue weighted by atomic mass is 10.0. The third-order valence-corrected chi connectivity index (χ3v) is 6.79. The molecule has 2 unspecified atom stereocenters. The standard InChI is InChI=1S/C24H24N6O2/c1-15-9-16(12-25)3-6-21(15)30-22(31)10-20(28-30)19-5-4-17(13-27-19)23(32)18-11-24(18)14-26-7-8-29(24)2/h3-6,9-10,13,18,26,28H,7-8,11,14H2,1-2H3. The van der Waals surface area contributed by atoms with Gasteiger partial charge in [0.25, 0.3) is 5.56 Å². The van der Waals surface area contributed by atoms with Crippen molar-refractivity contribution in [3.63, 3.8) is 0 Å². The van der Waals surface area contributed by atoms with Gasteiger partial charge in [-0.05, 0) is 56.3 Å². The number of aromatic nitrogens is 3. The molecule has 8 nitrogen and oxygen atoms in total. The molecular weight excluding hydrogens is 404 g/mol. The van der Waals surface area contributed by atoms with Crippen LogP contribution in [0.1, 0.15) is 27.9 Å². The first kappa shape index (κ1) is 20.4. The number of H-pyrrole nitrogens is 1. The molecule has 1 spiro atoms. The molecule has 1 saturated heterocycles. The van der Waals surface area contributed by atoms with Crippen molar-refractivity contribution < 1.29 is 4.79 Å². The Morgan fingerprint density at radius 1 is 1.28 bits per heavy atom. The average molecular weight is 428 g/mol. The Bertz CT molecular complexity index is 1300. The van der Waals surface area contributed by atoms with Crippen LogP contribution in [0.15, 0.2) is 47.4 Å². The number of aryl methyl sites for hydroxylation is 1. The smallest absolute Gasteiger partial charge is 0.271 e. The summed E-state index contributed by atoms with van der Waals surface area (Å²) in [5.41, 5.74) is 3.50. The maximum atomic E-state index is 13.0. The second kappa shape index (κ2) is 7.55. The van der Waals surface area contributed by atoms with Crippen LogP contribution in [0.4, 0.5) is 0 Å². The summed E-state index contributed by atoms with van der Waals surface area (Å²) in [6.07, 6.45) is 2.47. The molecule has 2 aliphatic rings. The molecule has 2 aromatic heterocycles. The molecular formula is C24H24N6O2. The zero-order valence-electron chi connectivity index (χ0n) is 18.1. The molecule has 8 heteroatoms. The quantitative estimate of drug-likeness (QED) is 0.615. The second-order valence-electron chi connectivity index (χ2n) is 8.71. The number of aromatic amines is 1. The van der Waals surface area contributed by atoms with Crippen molar-refractivity contribution in [2.24, 2.45) is 5.92 Å². The minimum Gasteiger partial charge on any atom is -0.314 e. The Kier molecular flexibility index (Phi) is 4.81. The minimum absolute atomic E-state index is 0.00630. The first-order chi connectivity index (χ1) is 15.4. The summed E-state index contributed by atoms with van der Waals surface area (Å²) in [6.45, 7) is 4.60. The van der Waals surface area contributed by atoms with Gasteiger partial charge in [0.1, 0.15) is 0 Å². The number of carbonyl (C=O) groups excluding carboxylic acids is 1. The third kappa shape index (κ3) is 3.27. The largest absolute Gasteiger partial charge is 0.314 e. The van der Waals surface area contributed by atoms with Crippen LogP contribution in [-0.4, -0.2) is 57.7 Å². The molecule has 0 radical (unpaired) electrons. The van der Waals surface area contributed by atoms with E-state index in [9.17, 15) is 9.59 Å². The first-order valence-electron chi connectivity index (χ1n) is 10.7. The number of nitrogens with one attached hydrogen (secondary N) is 2. The lowest BCUT2D eigenvalue weighted by Crippen LogP contribution is -2.53. The molecule has 5 rings (SSSR count). The molecule has 1 aliphatic heterocycles. The average Bonchev–Trinajstić information content (AvgIpc) is 3.40. The van der Waals surface area contributed by atoms with Gasteiger partial charge in [0.2, 0.25) is 0 Å². The number of carbonyl (C=O) groups is 1. The summed E-state index contributed by atoms with van der Waals surface area (Å²) in [6, 6.07) is 12.3. The number of Topliss-reactive ketones (excluding diaryl/α,β-unsaturated/α-hetero) is 1. The summed E-state index contributed by atoms with van der Waals surface area (Å²) in [4.78, 5) is 32.3. The van der Waals surface area contributed by atoms with Crippen molar-refractivity contribution in [2.75, 3.05) is 26.7 Å². The van der Waals surface area contributed by atoms with E-state index in [2.05, 4.69) is 33.4 Å². The molecule has 1 aliphatic carbocycles. The molecule has 2 atom stereocenters. The number of pyridine rings is 1. The Labute approximate surface area is 185 Å². The van der Waals surface area contributed by atoms with E-state index in [0.717, 1.165) is 31.6 Å². The van der Waals surface area contributed by atoms with Crippen LogP contribution >= 0.6 is 0 Å². The lowest BCUT2D eigenvalue weighted by molar-refractivity contribution is 0.0905. The minimum atomic E-state index is -0.220. The Morgan fingerprint density at radius 2 is 2.12 bits per heavy atom. The number of ketones is 1. The fraction of sp³-hybridized carbons (Fsp3) is 0.333. The van der Waals surface area contributed by atoms with E-state index >= 15 is 0 Å². The van der Waals surface area contributed by atoms with E-state index in [1.54, 1.807) is 36.5 Å². The Hall–Kier alpha value is -3.54. The van der Waals surface area contributed by atoms with Gasteiger partial charge < -0.3 is 5.32 Å². The molecule has 2 N–H and O–H groups in total. The highest BCUT2D eigenvalue weighted by Crippen LogP contribution is 2.50. The van der Waals surface area contributed by atoms with Gasteiger partial charge in [0.05, 0.1) is 28.7 Å². The van der Waals surface area contributed by atoms with Crippen LogP contribution < -0.4 is 10.9 Å². The number of benzene rings is 1. The number of hydrogen-bond acceptors (Lipinski definition) is 6. The SMILES string of the molecule is Cc1cc(C#N)ccc1-n1[nH]c(-c2ccc(C(=O)C3CC34CNCCN4C)cn2)cc1=O. The van der Waals surface area contributed by atoms with E-state index in [1.165, 1.54) is 10.7 Å². The highest BCUT2D eigenvalue weighted by molar-refractivity contribution is 6.00. The highest BCUT2D eigenvalue weighted by atomic mass is 16.1. The van der Waals surface area contributed by atoms with E-state index in [1.807, 2.05) is 6.92 Å². The van der Waals surface area contributed by atoms with Gasteiger partial charge in [-0.2, -0.15) is 5.26 Å². The summed E-state index contributed by atoms with van der Waals surface area (Å²) in [7, 11) is 2.09. The van der Waals surface area contributed by atoms with Gasteiger partial charge in [0.15, 0.2) is 5.78 Å². The van der Waals surface area contributed by atoms with Gasteiger partial charge in [-0.1, -0.05) is 0 Å². The number of piperazine rings is 1.